The van der Waals surface area contributed by atoms with E-state index in [0.29, 0.717) is 0 Å². The monoisotopic (exact) mass is 337 g/mol. The summed E-state index contributed by atoms with van der Waals surface area (Å²) in [5.41, 5.74) is -4.67. The molecule has 1 saturated heterocycles. The highest BCUT2D eigenvalue weighted by molar-refractivity contribution is 7.87. The van der Waals surface area contributed by atoms with E-state index in [1.54, 1.807) is 6.07 Å². The van der Waals surface area contributed by atoms with Gasteiger partial charge in [-0.2, -0.15) is 21.6 Å². The minimum Gasteiger partial charge on any atom is -0.376 e. The summed E-state index contributed by atoms with van der Waals surface area (Å²) in [6.45, 7) is 3.86. The van der Waals surface area contributed by atoms with Gasteiger partial charge in [-0.1, -0.05) is 19.1 Å². The van der Waals surface area contributed by atoms with E-state index in [2.05, 4.69) is 9.08 Å². The minimum atomic E-state index is -5.63. The smallest absolute Gasteiger partial charge is 0.376 e. The van der Waals surface area contributed by atoms with E-state index in [1.165, 1.54) is 18.2 Å². The van der Waals surface area contributed by atoms with Crippen LogP contribution >= 0.6 is 0 Å². The lowest BCUT2D eigenvalue weighted by Crippen LogP contribution is -2.28. The van der Waals surface area contributed by atoms with Crippen LogP contribution in [0.15, 0.2) is 24.3 Å². The third-order valence-electron chi connectivity index (χ3n) is 3.70. The van der Waals surface area contributed by atoms with E-state index < -0.39 is 15.6 Å². The van der Waals surface area contributed by atoms with Gasteiger partial charge in [0.2, 0.25) is 0 Å². The molecular formula is C14H18F3NO3S. The molecule has 22 heavy (non-hydrogen) atoms. The normalized spacial score (nSPS) is 18.4. The Labute approximate surface area is 128 Å². The topological polar surface area (TPSA) is 46.6 Å². The number of benzene rings is 1. The van der Waals surface area contributed by atoms with Gasteiger partial charge in [0.25, 0.3) is 0 Å². The van der Waals surface area contributed by atoms with E-state index in [1.807, 2.05) is 6.92 Å². The molecule has 0 bridgehead atoms. The van der Waals surface area contributed by atoms with Crippen LogP contribution in [-0.4, -0.2) is 31.9 Å². The van der Waals surface area contributed by atoms with Crippen molar-refractivity contribution in [3.63, 3.8) is 0 Å². The second kappa shape index (κ2) is 6.45. The van der Waals surface area contributed by atoms with Crippen LogP contribution in [0.25, 0.3) is 0 Å². The van der Waals surface area contributed by atoms with Crippen LogP contribution in [0.1, 0.15) is 37.8 Å². The van der Waals surface area contributed by atoms with Gasteiger partial charge in [-0.05, 0) is 50.0 Å². The fourth-order valence-electron chi connectivity index (χ4n) is 2.71. The summed E-state index contributed by atoms with van der Waals surface area (Å²) in [6.07, 6.45) is 2.97. The van der Waals surface area contributed by atoms with Crippen molar-refractivity contribution in [2.45, 2.75) is 37.7 Å². The zero-order valence-electron chi connectivity index (χ0n) is 12.1. The molecule has 0 spiro atoms. The molecule has 1 aromatic rings. The molecule has 1 atom stereocenters. The SMILES string of the molecule is CCC(c1cccc(OS(=O)(=O)C(F)(F)F)c1)N1CCCC1. The van der Waals surface area contributed by atoms with Gasteiger partial charge in [0.1, 0.15) is 5.75 Å². The molecule has 0 aliphatic carbocycles. The quantitative estimate of drug-likeness (QED) is 0.610. The van der Waals surface area contributed by atoms with Crippen LogP contribution < -0.4 is 4.18 Å². The Morgan fingerprint density at radius 2 is 1.91 bits per heavy atom. The Morgan fingerprint density at radius 1 is 1.27 bits per heavy atom. The first-order valence-corrected chi connectivity index (χ1v) is 8.50. The first-order valence-electron chi connectivity index (χ1n) is 7.09. The second-order valence-corrected chi connectivity index (χ2v) is 6.76. The molecule has 0 radical (unpaired) electrons. The summed E-state index contributed by atoms with van der Waals surface area (Å²) in [4.78, 5) is 2.25. The molecule has 1 fully saturated rings. The van der Waals surface area contributed by atoms with Crippen molar-refractivity contribution < 1.29 is 25.8 Å². The largest absolute Gasteiger partial charge is 0.534 e. The van der Waals surface area contributed by atoms with Crippen LogP contribution in [0.5, 0.6) is 5.75 Å². The third-order valence-corrected chi connectivity index (χ3v) is 4.68. The summed E-state index contributed by atoms with van der Waals surface area (Å²) in [5, 5.41) is 0. The van der Waals surface area contributed by atoms with E-state index in [4.69, 9.17) is 0 Å². The summed E-state index contributed by atoms with van der Waals surface area (Å²) >= 11 is 0. The zero-order chi connectivity index (χ0) is 16.4. The maximum absolute atomic E-state index is 12.4. The standard InChI is InChI=1S/C14H18F3NO3S/c1-2-13(18-8-3-4-9-18)11-6-5-7-12(10-11)21-22(19,20)14(15,16)17/h5-7,10,13H,2-4,8-9H2,1H3. The average Bonchev–Trinajstić information content (AvgIpc) is 2.92. The van der Waals surface area contributed by atoms with Gasteiger partial charge >= 0.3 is 15.6 Å². The third kappa shape index (κ3) is 3.73. The van der Waals surface area contributed by atoms with Crippen molar-refractivity contribution in [2.24, 2.45) is 0 Å². The van der Waals surface area contributed by atoms with Crippen molar-refractivity contribution in [3.05, 3.63) is 29.8 Å². The maximum atomic E-state index is 12.4. The van der Waals surface area contributed by atoms with Crippen LogP contribution in [-0.2, 0) is 10.1 Å². The second-order valence-electron chi connectivity index (χ2n) is 5.22. The highest BCUT2D eigenvalue weighted by Gasteiger charge is 2.48. The van der Waals surface area contributed by atoms with Crippen LogP contribution in [0.4, 0.5) is 13.2 Å². The number of hydrogen-bond acceptors (Lipinski definition) is 4. The summed E-state index contributed by atoms with van der Waals surface area (Å²) < 4.78 is 63.4. The van der Waals surface area contributed by atoms with Crippen molar-refractivity contribution in [1.82, 2.24) is 4.90 Å². The number of nitrogens with zero attached hydrogens (tertiary/aromatic N) is 1. The molecule has 0 amide bonds. The van der Waals surface area contributed by atoms with Gasteiger partial charge in [0, 0.05) is 6.04 Å². The van der Waals surface area contributed by atoms with E-state index in [9.17, 15) is 21.6 Å². The van der Waals surface area contributed by atoms with Gasteiger partial charge in [-0.15, -0.1) is 0 Å². The molecule has 1 heterocycles. The predicted molar refractivity (Wildman–Crippen MR) is 75.9 cm³/mol. The average molecular weight is 337 g/mol. The van der Waals surface area contributed by atoms with Crippen LogP contribution in [0, 0.1) is 0 Å². The Kier molecular flexibility index (Phi) is 5.01. The van der Waals surface area contributed by atoms with Gasteiger partial charge in [0.05, 0.1) is 0 Å². The Hall–Kier alpha value is -1.28. The molecule has 0 saturated carbocycles. The van der Waals surface area contributed by atoms with Crippen molar-refractivity contribution in [3.8, 4) is 5.75 Å². The fraction of sp³-hybridized carbons (Fsp3) is 0.571. The molecule has 2 rings (SSSR count). The van der Waals surface area contributed by atoms with Crippen LogP contribution in [0.2, 0.25) is 0 Å². The molecular weight excluding hydrogens is 319 g/mol. The lowest BCUT2D eigenvalue weighted by atomic mass is 10.0. The van der Waals surface area contributed by atoms with Gasteiger partial charge in [-0.3, -0.25) is 4.90 Å². The highest BCUT2D eigenvalue weighted by Crippen LogP contribution is 2.32. The van der Waals surface area contributed by atoms with Gasteiger partial charge < -0.3 is 4.18 Å². The van der Waals surface area contributed by atoms with Crippen molar-refractivity contribution in [1.29, 1.82) is 0 Å². The number of likely N-dealkylation sites (tertiary alicyclic amines) is 1. The summed E-state index contributed by atoms with van der Waals surface area (Å²) in [7, 11) is -5.63. The summed E-state index contributed by atoms with van der Waals surface area (Å²) in [5.74, 6) is -0.313. The highest BCUT2D eigenvalue weighted by atomic mass is 32.2. The van der Waals surface area contributed by atoms with E-state index in [0.717, 1.165) is 37.9 Å². The molecule has 0 aromatic heterocycles. The first kappa shape index (κ1) is 17.1. The molecule has 8 heteroatoms. The molecule has 1 aliphatic heterocycles. The lowest BCUT2D eigenvalue weighted by molar-refractivity contribution is -0.0500. The molecule has 4 nitrogen and oxygen atoms in total. The maximum Gasteiger partial charge on any atom is 0.534 e. The predicted octanol–water partition coefficient (Wildman–Crippen LogP) is 3.46. The Bertz CT molecular complexity index is 610. The molecule has 1 aromatic carbocycles. The molecule has 124 valence electrons. The van der Waals surface area contributed by atoms with Crippen molar-refractivity contribution >= 4 is 10.1 Å². The van der Waals surface area contributed by atoms with Crippen LogP contribution in [0.3, 0.4) is 0 Å². The first-order chi connectivity index (χ1) is 10.2. The number of rotatable bonds is 5. The minimum absolute atomic E-state index is 0.0552. The van der Waals surface area contributed by atoms with Gasteiger partial charge in [-0.25, -0.2) is 0 Å². The van der Waals surface area contributed by atoms with E-state index >= 15 is 0 Å². The van der Waals surface area contributed by atoms with Crippen molar-refractivity contribution in [2.75, 3.05) is 13.1 Å². The fourth-order valence-corrected chi connectivity index (χ4v) is 3.16. The number of alkyl halides is 3. The Morgan fingerprint density at radius 3 is 2.45 bits per heavy atom. The number of hydrogen-bond donors (Lipinski definition) is 0. The Balaban J connectivity index is 2.22. The zero-order valence-corrected chi connectivity index (χ0v) is 13.0. The lowest BCUT2D eigenvalue weighted by Gasteiger charge is -2.27. The molecule has 1 unspecified atom stereocenters. The molecule has 1 aliphatic rings. The van der Waals surface area contributed by atoms with Gasteiger partial charge in [0.15, 0.2) is 0 Å². The van der Waals surface area contributed by atoms with E-state index in [-0.39, 0.29) is 11.8 Å². The molecule has 0 N–H and O–H groups in total. The summed E-state index contributed by atoms with van der Waals surface area (Å²) in [6, 6.07) is 5.92. The number of halogens is 3.